The summed E-state index contributed by atoms with van der Waals surface area (Å²) >= 11 is 0. The summed E-state index contributed by atoms with van der Waals surface area (Å²) in [6, 6.07) is 0. The number of ketones is 1. The topological polar surface area (TPSA) is 17.1 Å². The number of allylic oxidation sites excluding steroid dienone is 4. The van der Waals surface area contributed by atoms with E-state index >= 15 is 0 Å². The largest absolute Gasteiger partial charge is 0.295 e. The molecule has 0 aromatic rings. The highest BCUT2D eigenvalue weighted by Crippen LogP contribution is 2.31. The highest BCUT2D eigenvalue weighted by Gasteiger charge is 2.17. The maximum absolute atomic E-state index is 10.9. The highest BCUT2D eigenvalue weighted by molar-refractivity contribution is 5.93. The molecule has 0 fully saturated rings. The molecule has 0 aromatic carbocycles. The van der Waals surface area contributed by atoms with Gasteiger partial charge in [0.15, 0.2) is 5.78 Å². The van der Waals surface area contributed by atoms with Crippen LogP contribution in [-0.4, -0.2) is 5.78 Å². The van der Waals surface area contributed by atoms with E-state index in [0.717, 1.165) is 25.7 Å². The van der Waals surface area contributed by atoms with Gasteiger partial charge < -0.3 is 0 Å². The van der Waals surface area contributed by atoms with Gasteiger partial charge in [-0.3, -0.25) is 4.79 Å². The molecule has 10 heavy (non-hydrogen) atoms. The van der Waals surface area contributed by atoms with Crippen LogP contribution in [-0.2, 0) is 4.79 Å². The lowest BCUT2D eigenvalue weighted by atomic mass is 9.95. The Labute approximate surface area is 60.4 Å². The van der Waals surface area contributed by atoms with Gasteiger partial charge in [0.05, 0.1) is 0 Å². The summed E-state index contributed by atoms with van der Waals surface area (Å²) < 4.78 is 0. The summed E-state index contributed by atoms with van der Waals surface area (Å²) in [7, 11) is 0. The third-order valence-electron chi connectivity index (χ3n) is 2.19. The summed E-state index contributed by atoms with van der Waals surface area (Å²) in [4.78, 5) is 10.9. The van der Waals surface area contributed by atoms with Gasteiger partial charge in [-0.2, -0.15) is 0 Å². The van der Waals surface area contributed by atoms with Crippen molar-refractivity contribution in [1.29, 1.82) is 0 Å². The molecule has 0 atom stereocenters. The van der Waals surface area contributed by atoms with E-state index in [4.69, 9.17) is 0 Å². The lowest BCUT2D eigenvalue weighted by Gasteiger charge is -2.09. The Morgan fingerprint density at radius 1 is 1.10 bits per heavy atom. The standard InChI is InChI=1S/C9H10O/c10-9-5-4-7-2-1-3-8(7)6-9/h2,6H,1,3-5H2. The van der Waals surface area contributed by atoms with Gasteiger partial charge in [-0.05, 0) is 36.5 Å². The average molecular weight is 134 g/mol. The van der Waals surface area contributed by atoms with E-state index < -0.39 is 0 Å². The second-order valence-electron chi connectivity index (χ2n) is 2.90. The molecule has 2 aliphatic rings. The molecule has 0 N–H and O–H groups in total. The number of fused-ring (bicyclic) bond motifs is 1. The average Bonchev–Trinajstić information content (AvgIpc) is 2.33. The molecule has 0 bridgehead atoms. The van der Waals surface area contributed by atoms with Crippen molar-refractivity contribution >= 4 is 5.78 Å². The summed E-state index contributed by atoms with van der Waals surface area (Å²) in [6.45, 7) is 0. The van der Waals surface area contributed by atoms with Crippen LogP contribution in [0.1, 0.15) is 25.7 Å². The summed E-state index contributed by atoms with van der Waals surface area (Å²) in [5, 5.41) is 0. The van der Waals surface area contributed by atoms with E-state index in [1.54, 1.807) is 0 Å². The Morgan fingerprint density at radius 3 is 2.90 bits per heavy atom. The van der Waals surface area contributed by atoms with Gasteiger partial charge in [-0.15, -0.1) is 0 Å². The van der Waals surface area contributed by atoms with Crippen LogP contribution in [0.25, 0.3) is 0 Å². The molecule has 0 heterocycles. The predicted molar refractivity (Wildman–Crippen MR) is 39.6 cm³/mol. The monoisotopic (exact) mass is 134 g/mol. The van der Waals surface area contributed by atoms with Gasteiger partial charge in [0.2, 0.25) is 0 Å². The van der Waals surface area contributed by atoms with Crippen molar-refractivity contribution in [3.05, 3.63) is 23.3 Å². The van der Waals surface area contributed by atoms with Crippen LogP contribution in [0, 0.1) is 0 Å². The molecule has 0 radical (unpaired) electrons. The van der Waals surface area contributed by atoms with Crippen LogP contribution in [0.3, 0.4) is 0 Å². The lowest BCUT2D eigenvalue weighted by Crippen LogP contribution is -2.02. The number of hydrogen-bond acceptors (Lipinski definition) is 1. The highest BCUT2D eigenvalue weighted by atomic mass is 16.1. The van der Waals surface area contributed by atoms with Gasteiger partial charge in [0, 0.05) is 6.42 Å². The maximum Gasteiger partial charge on any atom is 0.156 e. The van der Waals surface area contributed by atoms with Crippen molar-refractivity contribution in [3.63, 3.8) is 0 Å². The molecule has 0 aromatic heterocycles. The van der Waals surface area contributed by atoms with Crippen molar-refractivity contribution < 1.29 is 4.79 Å². The van der Waals surface area contributed by atoms with E-state index in [1.807, 2.05) is 6.08 Å². The first-order valence-electron chi connectivity index (χ1n) is 3.79. The molecule has 0 spiro atoms. The van der Waals surface area contributed by atoms with Crippen LogP contribution < -0.4 is 0 Å². The molecular formula is C9H10O. The van der Waals surface area contributed by atoms with Gasteiger partial charge in [0.25, 0.3) is 0 Å². The van der Waals surface area contributed by atoms with Crippen LogP contribution in [0.4, 0.5) is 0 Å². The Kier molecular flexibility index (Phi) is 1.23. The van der Waals surface area contributed by atoms with E-state index in [-0.39, 0.29) is 0 Å². The lowest BCUT2D eigenvalue weighted by molar-refractivity contribution is -0.114. The third-order valence-corrected chi connectivity index (χ3v) is 2.19. The van der Waals surface area contributed by atoms with Gasteiger partial charge >= 0.3 is 0 Å². The van der Waals surface area contributed by atoms with Crippen molar-refractivity contribution in [2.24, 2.45) is 0 Å². The first kappa shape index (κ1) is 5.90. The number of carbonyl (C=O) groups excluding carboxylic acids is 1. The van der Waals surface area contributed by atoms with Crippen molar-refractivity contribution in [3.8, 4) is 0 Å². The second kappa shape index (κ2) is 2.08. The molecule has 1 heteroatoms. The van der Waals surface area contributed by atoms with Crippen LogP contribution in [0.15, 0.2) is 23.3 Å². The Hall–Kier alpha value is -0.850. The van der Waals surface area contributed by atoms with Crippen molar-refractivity contribution in [2.75, 3.05) is 0 Å². The van der Waals surface area contributed by atoms with Gasteiger partial charge in [-0.25, -0.2) is 0 Å². The fourth-order valence-electron chi connectivity index (χ4n) is 1.65. The van der Waals surface area contributed by atoms with Crippen LogP contribution in [0.2, 0.25) is 0 Å². The molecule has 0 saturated carbocycles. The normalized spacial score (nSPS) is 23.8. The summed E-state index contributed by atoms with van der Waals surface area (Å²) in [5.74, 6) is 0.314. The number of hydrogen-bond donors (Lipinski definition) is 0. The molecule has 52 valence electrons. The minimum absolute atomic E-state index is 0.314. The van der Waals surface area contributed by atoms with Crippen molar-refractivity contribution in [2.45, 2.75) is 25.7 Å². The summed E-state index contributed by atoms with van der Waals surface area (Å²) in [6.07, 6.45) is 8.05. The van der Waals surface area contributed by atoms with Crippen molar-refractivity contribution in [1.82, 2.24) is 0 Å². The van der Waals surface area contributed by atoms with Gasteiger partial charge in [0.1, 0.15) is 0 Å². The molecule has 0 aliphatic heterocycles. The molecule has 0 saturated heterocycles. The molecular weight excluding hydrogens is 124 g/mol. The molecule has 2 aliphatic carbocycles. The first-order valence-corrected chi connectivity index (χ1v) is 3.79. The minimum Gasteiger partial charge on any atom is -0.295 e. The van der Waals surface area contributed by atoms with E-state index in [1.165, 1.54) is 11.1 Å². The van der Waals surface area contributed by atoms with E-state index in [2.05, 4.69) is 6.08 Å². The fourth-order valence-corrected chi connectivity index (χ4v) is 1.65. The molecule has 0 amide bonds. The zero-order valence-corrected chi connectivity index (χ0v) is 5.89. The Morgan fingerprint density at radius 2 is 2.00 bits per heavy atom. The third kappa shape index (κ3) is 0.821. The fraction of sp³-hybridized carbons (Fsp3) is 0.444. The second-order valence-corrected chi connectivity index (χ2v) is 2.90. The van der Waals surface area contributed by atoms with E-state index in [9.17, 15) is 4.79 Å². The maximum atomic E-state index is 10.9. The van der Waals surface area contributed by atoms with Crippen LogP contribution >= 0.6 is 0 Å². The molecule has 2 rings (SSSR count). The van der Waals surface area contributed by atoms with Crippen LogP contribution in [0.5, 0.6) is 0 Å². The molecule has 1 nitrogen and oxygen atoms in total. The van der Waals surface area contributed by atoms with Gasteiger partial charge in [-0.1, -0.05) is 6.08 Å². The quantitative estimate of drug-likeness (QED) is 0.495. The number of carbonyl (C=O) groups is 1. The molecule has 0 unspecified atom stereocenters. The smallest absolute Gasteiger partial charge is 0.156 e. The minimum atomic E-state index is 0.314. The zero-order valence-electron chi connectivity index (χ0n) is 5.89. The number of rotatable bonds is 0. The zero-order chi connectivity index (χ0) is 6.97. The SMILES string of the molecule is O=C1C=C2CCC=C2CC1. The first-order chi connectivity index (χ1) is 4.86. The Bertz CT molecular complexity index is 233. The summed E-state index contributed by atoms with van der Waals surface area (Å²) in [5.41, 5.74) is 2.73. The van der Waals surface area contributed by atoms with E-state index in [0.29, 0.717) is 5.78 Å². The predicted octanol–water partition coefficient (Wildman–Crippen LogP) is 2.00. The Balaban J connectivity index is 2.36.